The van der Waals surface area contributed by atoms with Gasteiger partial charge in [0.1, 0.15) is 22.4 Å². The fourth-order valence-electron chi connectivity index (χ4n) is 2.54. The molecule has 6 nitrogen and oxygen atoms in total. The summed E-state index contributed by atoms with van der Waals surface area (Å²) in [5.41, 5.74) is 2.95. The van der Waals surface area contributed by atoms with Gasteiger partial charge in [0.15, 0.2) is 11.5 Å². The second-order valence-electron chi connectivity index (χ2n) is 5.65. The summed E-state index contributed by atoms with van der Waals surface area (Å²) in [7, 11) is 4.79. The van der Waals surface area contributed by atoms with Gasteiger partial charge in [-0.2, -0.15) is 5.26 Å². The second-order valence-corrected chi connectivity index (χ2v) is 6.51. The zero-order valence-electron chi connectivity index (χ0n) is 15.7. The first-order valence-electron chi connectivity index (χ1n) is 8.37. The smallest absolute Gasteiger partial charge is 0.162 e. The van der Waals surface area contributed by atoms with E-state index in [1.807, 2.05) is 35.7 Å². The van der Waals surface area contributed by atoms with Crippen LogP contribution < -0.4 is 19.5 Å². The molecule has 3 rings (SSSR count). The highest BCUT2D eigenvalue weighted by Crippen LogP contribution is 2.31. The summed E-state index contributed by atoms with van der Waals surface area (Å²) in [6.07, 6.45) is 1.63. The van der Waals surface area contributed by atoms with E-state index in [2.05, 4.69) is 16.4 Å². The van der Waals surface area contributed by atoms with Gasteiger partial charge in [-0.25, -0.2) is 4.98 Å². The summed E-state index contributed by atoms with van der Waals surface area (Å²) in [5.74, 6) is 2.01. The van der Waals surface area contributed by atoms with Crippen LogP contribution in [-0.4, -0.2) is 26.3 Å². The van der Waals surface area contributed by atoms with Crippen molar-refractivity contribution in [1.29, 1.82) is 5.26 Å². The van der Waals surface area contributed by atoms with Gasteiger partial charge >= 0.3 is 0 Å². The molecule has 3 aromatic rings. The Balaban J connectivity index is 1.82. The summed E-state index contributed by atoms with van der Waals surface area (Å²) in [6.45, 7) is 0. The Kier molecular flexibility index (Phi) is 6.14. The number of nitriles is 1. The minimum Gasteiger partial charge on any atom is -0.497 e. The van der Waals surface area contributed by atoms with Crippen molar-refractivity contribution in [2.24, 2.45) is 0 Å². The van der Waals surface area contributed by atoms with Crippen LogP contribution in [0.3, 0.4) is 0 Å². The zero-order chi connectivity index (χ0) is 19.9. The lowest BCUT2D eigenvalue weighted by atomic mass is 10.1. The van der Waals surface area contributed by atoms with E-state index in [9.17, 15) is 5.26 Å². The molecule has 1 N–H and O–H groups in total. The summed E-state index contributed by atoms with van der Waals surface area (Å²) >= 11 is 1.41. The minimum atomic E-state index is 0.439. The number of nitrogens with zero attached hydrogens (tertiary/aromatic N) is 2. The van der Waals surface area contributed by atoms with Crippen LogP contribution in [0.4, 0.5) is 5.69 Å². The van der Waals surface area contributed by atoms with Crippen LogP contribution in [-0.2, 0) is 0 Å². The number of anilines is 1. The van der Waals surface area contributed by atoms with Gasteiger partial charge in [0.25, 0.3) is 0 Å². The standard InChI is InChI=1S/C21H19N3O3S/c1-25-17-6-4-5-14(9-17)18-13-28-21(24-18)15(11-22)12-23-16-7-8-19(26-2)20(10-16)27-3/h4-10,12-13,23H,1-3H3/b15-12+. The van der Waals surface area contributed by atoms with Crippen molar-refractivity contribution in [2.45, 2.75) is 0 Å². The van der Waals surface area contributed by atoms with Gasteiger partial charge < -0.3 is 19.5 Å². The molecule has 142 valence electrons. The molecule has 0 aliphatic carbocycles. The Morgan fingerprint density at radius 1 is 1.07 bits per heavy atom. The van der Waals surface area contributed by atoms with E-state index >= 15 is 0 Å². The number of ether oxygens (including phenoxy) is 3. The summed E-state index contributed by atoms with van der Waals surface area (Å²) < 4.78 is 15.8. The molecular formula is C21H19N3O3S. The van der Waals surface area contributed by atoms with Crippen LogP contribution >= 0.6 is 11.3 Å². The monoisotopic (exact) mass is 393 g/mol. The molecule has 0 aliphatic heterocycles. The molecule has 0 aliphatic rings. The third kappa shape index (κ3) is 4.24. The lowest BCUT2D eigenvalue weighted by Gasteiger charge is -2.09. The largest absolute Gasteiger partial charge is 0.497 e. The molecule has 0 radical (unpaired) electrons. The first-order chi connectivity index (χ1) is 13.7. The van der Waals surface area contributed by atoms with Crippen LogP contribution in [0, 0.1) is 11.3 Å². The zero-order valence-corrected chi connectivity index (χ0v) is 16.5. The molecule has 0 bridgehead atoms. The Hall–Kier alpha value is -3.50. The molecule has 0 spiro atoms. The Bertz CT molecular complexity index is 1040. The maximum absolute atomic E-state index is 9.55. The number of nitrogens with one attached hydrogen (secondary N) is 1. The number of thiazole rings is 1. The third-order valence-corrected chi connectivity index (χ3v) is 4.86. The molecule has 0 saturated carbocycles. The highest BCUT2D eigenvalue weighted by molar-refractivity contribution is 7.11. The first kappa shape index (κ1) is 19.3. The van der Waals surface area contributed by atoms with Crippen LogP contribution in [0.15, 0.2) is 54.0 Å². The van der Waals surface area contributed by atoms with E-state index in [1.165, 1.54) is 11.3 Å². The van der Waals surface area contributed by atoms with E-state index in [-0.39, 0.29) is 0 Å². The summed E-state index contributed by atoms with van der Waals surface area (Å²) in [5, 5.41) is 15.2. The summed E-state index contributed by atoms with van der Waals surface area (Å²) in [6, 6.07) is 15.3. The number of rotatable bonds is 7. The molecule has 7 heteroatoms. The quantitative estimate of drug-likeness (QED) is 0.581. The van der Waals surface area contributed by atoms with E-state index in [4.69, 9.17) is 14.2 Å². The van der Waals surface area contributed by atoms with E-state index < -0.39 is 0 Å². The number of benzene rings is 2. The fraction of sp³-hybridized carbons (Fsp3) is 0.143. The van der Waals surface area contributed by atoms with Crippen molar-refractivity contribution < 1.29 is 14.2 Å². The topological polar surface area (TPSA) is 76.4 Å². The molecule has 0 fully saturated rings. The van der Waals surface area contributed by atoms with E-state index in [1.54, 1.807) is 39.7 Å². The molecular weight excluding hydrogens is 374 g/mol. The average molecular weight is 393 g/mol. The predicted molar refractivity (Wildman–Crippen MR) is 111 cm³/mol. The number of hydrogen-bond acceptors (Lipinski definition) is 7. The van der Waals surface area contributed by atoms with Crippen molar-refractivity contribution in [1.82, 2.24) is 4.98 Å². The van der Waals surface area contributed by atoms with Crippen LogP contribution in [0.5, 0.6) is 17.2 Å². The molecule has 0 saturated heterocycles. The van der Waals surface area contributed by atoms with Gasteiger partial charge in [-0.05, 0) is 24.3 Å². The number of aromatic nitrogens is 1. The van der Waals surface area contributed by atoms with Crippen molar-refractivity contribution in [2.75, 3.05) is 26.6 Å². The Morgan fingerprint density at radius 3 is 2.61 bits per heavy atom. The summed E-state index contributed by atoms with van der Waals surface area (Å²) in [4.78, 5) is 4.59. The fourth-order valence-corrected chi connectivity index (χ4v) is 3.33. The lowest BCUT2D eigenvalue weighted by molar-refractivity contribution is 0.355. The highest BCUT2D eigenvalue weighted by atomic mass is 32.1. The molecule has 0 amide bonds. The molecule has 28 heavy (non-hydrogen) atoms. The van der Waals surface area contributed by atoms with Gasteiger partial charge in [-0.15, -0.1) is 11.3 Å². The van der Waals surface area contributed by atoms with Crippen molar-refractivity contribution in [3.8, 4) is 34.6 Å². The molecule has 1 aromatic heterocycles. The number of methoxy groups -OCH3 is 3. The molecule has 1 heterocycles. The second kappa shape index (κ2) is 8.93. The number of allylic oxidation sites excluding steroid dienone is 1. The van der Waals surface area contributed by atoms with Gasteiger partial charge in [0.05, 0.1) is 27.0 Å². The average Bonchev–Trinajstić information content (AvgIpc) is 3.24. The Morgan fingerprint density at radius 2 is 1.89 bits per heavy atom. The van der Waals surface area contributed by atoms with Crippen molar-refractivity contribution >= 4 is 22.6 Å². The van der Waals surface area contributed by atoms with Crippen LogP contribution in [0.1, 0.15) is 5.01 Å². The number of hydrogen-bond donors (Lipinski definition) is 1. The molecule has 2 aromatic carbocycles. The predicted octanol–water partition coefficient (Wildman–Crippen LogP) is 4.81. The maximum atomic E-state index is 9.55. The van der Waals surface area contributed by atoms with Crippen LogP contribution in [0.2, 0.25) is 0 Å². The van der Waals surface area contributed by atoms with Gasteiger partial charge in [-0.1, -0.05) is 12.1 Å². The van der Waals surface area contributed by atoms with Crippen molar-refractivity contribution in [3.05, 3.63) is 59.1 Å². The molecule has 0 atom stereocenters. The van der Waals surface area contributed by atoms with Gasteiger partial charge in [-0.3, -0.25) is 0 Å². The van der Waals surface area contributed by atoms with Crippen LogP contribution in [0.25, 0.3) is 16.8 Å². The lowest BCUT2D eigenvalue weighted by Crippen LogP contribution is -1.94. The van der Waals surface area contributed by atoms with Gasteiger partial charge in [0, 0.05) is 28.9 Å². The normalized spacial score (nSPS) is 10.9. The highest BCUT2D eigenvalue weighted by Gasteiger charge is 2.10. The van der Waals surface area contributed by atoms with E-state index in [0.29, 0.717) is 22.1 Å². The molecule has 0 unspecified atom stereocenters. The SMILES string of the molecule is COc1cccc(-c2csc(/C(C#N)=C/Nc3ccc(OC)c(OC)c3)n2)c1. The third-order valence-electron chi connectivity index (χ3n) is 3.99. The van der Waals surface area contributed by atoms with Gasteiger partial charge in [0.2, 0.25) is 0 Å². The first-order valence-corrected chi connectivity index (χ1v) is 9.25. The maximum Gasteiger partial charge on any atom is 0.162 e. The minimum absolute atomic E-state index is 0.439. The van der Waals surface area contributed by atoms with E-state index in [0.717, 1.165) is 22.7 Å². The van der Waals surface area contributed by atoms with Crippen molar-refractivity contribution in [3.63, 3.8) is 0 Å². The Labute approximate surface area is 167 Å².